The summed E-state index contributed by atoms with van der Waals surface area (Å²) in [5.41, 5.74) is 11.3. The Balaban J connectivity index is 1.94. The summed E-state index contributed by atoms with van der Waals surface area (Å²) >= 11 is 0. The molecule has 1 unspecified atom stereocenters. The molecule has 2 aromatic rings. The lowest BCUT2D eigenvalue weighted by atomic mass is 9.90. The van der Waals surface area contributed by atoms with Gasteiger partial charge in [0.05, 0.1) is 5.69 Å². The van der Waals surface area contributed by atoms with Crippen LogP contribution in [0.15, 0.2) is 71.4 Å². The van der Waals surface area contributed by atoms with Gasteiger partial charge < -0.3 is 0 Å². The fraction of sp³-hybridized carbons (Fsp3) is 0.370. The van der Waals surface area contributed by atoms with Gasteiger partial charge in [-0.1, -0.05) is 88.4 Å². The Morgan fingerprint density at radius 3 is 2.23 bits per heavy atom. The lowest BCUT2D eigenvalue weighted by Crippen LogP contribution is -2.36. The predicted octanol–water partition coefficient (Wildman–Crippen LogP) is 6.94. The molecular formula is C27H33N3. The number of rotatable bonds is 5. The van der Waals surface area contributed by atoms with Crippen molar-refractivity contribution in [3.8, 4) is 0 Å². The van der Waals surface area contributed by atoms with Crippen LogP contribution in [-0.4, -0.2) is 5.84 Å². The van der Waals surface area contributed by atoms with Gasteiger partial charge in [-0.3, -0.25) is 10.3 Å². The third kappa shape index (κ3) is 3.69. The third-order valence-electron chi connectivity index (χ3n) is 6.10. The van der Waals surface area contributed by atoms with Crippen LogP contribution in [0, 0.1) is 6.92 Å². The molecule has 0 radical (unpaired) electrons. The molecule has 4 rings (SSSR count). The second-order valence-corrected chi connectivity index (χ2v) is 8.93. The Morgan fingerprint density at radius 2 is 1.63 bits per heavy atom. The van der Waals surface area contributed by atoms with Crippen molar-refractivity contribution < 1.29 is 0 Å². The average molecular weight is 400 g/mol. The first-order chi connectivity index (χ1) is 14.5. The van der Waals surface area contributed by atoms with Crippen molar-refractivity contribution in [2.75, 3.05) is 4.90 Å². The van der Waals surface area contributed by atoms with Gasteiger partial charge in [0.2, 0.25) is 0 Å². The van der Waals surface area contributed by atoms with E-state index in [-0.39, 0.29) is 6.17 Å². The summed E-state index contributed by atoms with van der Waals surface area (Å²) in [6.45, 7) is 11.3. The van der Waals surface area contributed by atoms with Crippen molar-refractivity contribution >= 4 is 11.5 Å². The van der Waals surface area contributed by atoms with Gasteiger partial charge in [-0.15, -0.1) is 0 Å². The Kier molecular flexibility index (Phi) is 5.80. The van der Waals surface area contributed by atoms with Crippen molar-refractivity contribution in [1.82, 2.24) is 5.43 Å². The van der Waals surface area contributed by atoms with Crippen molar-refractivity contribution in [2.24, 2.45) is 5.10 Å². The third-order valence-corrected chi connectivity index (χ3v) is 6.10. The van der Waals surface area contributed by atoms with Crippen LogP contribution in [-0.2, 0) is 0 Å². The van der Waals surface area contributed by atoms with Crippen molar-refractivity contribution in [1.29, 1.82) is 0 Å². The van der Waals surface area contributed by atoms with E-state index in [0.717, 1.165) is 18.7 Å². The molecule has 0 amide bonds. The highest BCUT2D eigenvalue weighted by Crippen LogP contribution is 2.42. The van der Waals surface area contributed by atoms with Crippen molar-refractivity contribution in [2.45, 2.75) is 65.5 Å². The number of para-hydroxylation sites is 1. The van der Waals surface area contributed by atoms with Crippen LogP contribution in [0.3, 0.4) is 0 Å². The minimum Gasteiger partial charge on any atom is -0.297 e. The highest BCUT2D eigenvalue weighted by molar-refractivity contribution is 6.13. The largest absolute Gasteiger partial charge is 0.297 e. The Bertz CT molecular complexity index is 984. The molecule has 156 valence electrons. The quantitative estimate of drug-likeness (QED) is 0.589. The maximum Gasteiger partial charge on any atom is 0.161 e. The SMILES string of the molecule is Cc1ccccc1C1NN=C(C2=CCCC=C2)N1c1c(C(C)C)cccc1C(C)C. The van der Waals surface area contributed by atoms with Crippen LogP contribution in [0.5, 0.6) is 0 Å². The van der Waals surface area contributed by atoms with Crippen molar-refractivity contribution in [3.63, 3.8) is 0 Å². The van der Waals surface area contributed by atoms with E-state index in [4.69, 9.17) is 5.10 Å². The fourth-order valence-corrected chi connectivity index (χ4v) is 4.47. The highest BCUT2D eigenvalue weighted by Gasteiger charge is 2.35. The smallest absolute Gasteiger partial charge is 0.161 e. The number of nitrogens with one attached hydrogen (secondary N) is 1. The number of anilines is 1. The van der Waals surface area contributed by atoms with Crippen LogP contribution < -0.4 is 10.3 Å². The number of amidine groups is 1. The molecule has 2 aromatic carbocycles. The summed E-state index contributed by atoms with van der Waals surface area (Å²) in [5, 5.41) is 4.89. The Labute approximate surface area is 181 Å². The number of aryl methyl sites for hydroxylation is 1. The van der Waals surface area contributed by atoms with E-state index in [1.807, 2.05) is 0 Å². The molecule has 1 aliphatic carbocycles. The van der Waals surface area contributed by atoms with Crippen LogP contribution in [0.25, 0.3) is 0 Å². The molecule has 1 atom stereocenters. The van der Waals surface area contributed by atoms with Gasteiger partial charge in [0, 0.05) is 5.57 Å². The first-order valence-electron chi connectivity index (χ1n) is 11.2. The molecule has 2 aliphatic rings. The number of hydrogen-bond acceptors (Lipinski definition) is 3. The second kappa shape index (κ2) is 8.51. The molecule has 1 N–H and O–H groups in total. The lowest BCUT2D eigenvalue weighted by molar-refractivity contribution is 0.608. The number of allylic oxidation sites excluding steroid dienone is 2. The summed E-state index contributed by atoms with van der Waals surface area (Å²) in [7, 11) is 0. The molecule has 3 nitrogen and oxygen atoms in total. The van der Waals surface area contributed by atoms with Gasteiger partial charge >= 0.3 is 0 Å². The summed E-state index contributed by atoms with van der Waals surface area (Å²) in [5.74, 6) is 1.87. The van der Waals surface area contributed by atoms with Crippen LogP contribution >= 0.6 is 0 Å². The molecule has 0 bridgehead atoms. The molecule has 0 spiro atoms. The highest BCUT2D eigenvalue weighted by atomic mass is 15.5. The maximum absolute atomic E-state index is 4.89. The van der Waals surface area contributed by atoms with Crippen LogP contribution in [0.2, 0.25) is 0 Å². The summed E-state index contributed by atoms with van der Waals surface area (Å²) in [6.07, 6.45) is 8.96. The van der Waals surface area contributed by atoms with E-state index in [2.05, 4.69) is 106 Å². The zero-order chi connectivity index (χ0) is 21.3. The summed E-state index contributed by atoms with van der Waals surface area (Å²) in [6, 6.07) is 15.4. The number of hydrogen-bond donors (Lipinski definition) is 1. The minimum atomic E-state index is -0.0187. The number of hydrazone groups is 1. The fourth-order valence-electron chi connectivity index (χ4n) is 4.47. The first kappa shape index (κ1) is 20.5. The lowest BCUT2D eigenvalue weighted by Gasteiger charge is -2.34. The van der Waals surface area contributed by atoms with Crippen LogP contribution in [0.1, 0.15) is 80.8 Å². The van der Waals surface area contributed by atoms with Crippen LogP contribution in [0.4, 0.5) is 5.69 Å². The molecule has 1 aliphatic heterocycles. The zero-order valence-corrected chi connectivity index (χ0v) is 18.8. The monoisotopic (exact) mass is 399 g/mol. The Morgan fingerprint density at radius 1 is 0.933 bits per heavy atom. The van der Waals surface area contributed by atoms with Gasteiger partial charge in [0.25, 0.3) is 0 Å². The molecule has 30 heavy (non-hydrogen) atoms. The van der Waals surface area contributed by atoms with E-state index in [0.29, 0.717) is 11.8 Å². The van der Waals surface area contributed by atoms with Gasteiger partial charge in [0.15, 0.2) is 5.84 Å². The van der Waals surface area contributed by atoms with E-state index < -0.39 is 0 Å². The summed E-state index contributed by atoms with van der Waals surface area (Å²) < 4.78 is 0. The van der Waals surface area contributed by atoms with Gasteiger partial charge in [-0.2, -0.15) is 5.10 Å². The molecule has 0 aromatic heterocycles. The molecule has 1 heterocycles. The second-order valence-electron chi connectivity index (χ2n) is 8.93. The predicted molar refractivity (Wildman–Crippen MR) is 128 cm³/mol. The average Bonchev–Trinajstić information content (AvgIpc) is 3.18. The maximum atomic E-state index is 4.89. The van der Waals surface area contributed by atoms with E-state index in [1.165, 1.54) is 33.5 Å². The topological polar surface area (TPSA) is 27.6 Å². The number of nitrogens with zero attached hydrogens (tertiary/aromatic N) is 2. The molecule has 0 fully saturated rings. The Hall–Kier alpha value is -2.81. The van der Waals surface area contributed by atoms with Gasteiger partial charge in [-0.25, -0.2) is 0 Å². The van der Waals surface area contributed by atoms with Crippen molar-refractivity contribution in [3.05, 3.63) is 88.5 Å². The molecular weight excluding hydrogens is 366 g/mol. The normalized spacial score (nSPS) is 18.6. The van der Waals surface area contributed by atoms with E-state index >= 15 is 0 Å². The van der Waals surface area contributed by atoms with Gasteiger partial charge in [-0.05, 0) is 53.9 Å². The zero-order valence-electron chi connectivity index (χ0n) is 18.8. The van der Waals surface area contributed by atoms with E-state index in [1.54, 1.807) is 0 Å². The molecule has 0 saturated heterocycles. The van der Waals surface area contributed by atoms with Gasteiger partial charge in [0.1, 0.15) is 6.17 Å². The molecule has 3 heteroatoms. The standard InChI is InChI=1S/C27H33N3/c1-18(2)22-16-11-17-23(19(3)4)25(22)30-26(21-13-7-6-8-14-21)28-29-27(30)24-15-10-9-12-20(24)5/h7,9-19,27,29H,6,8H2,1-5H3. The van der Waals surface area contributed by atoms with E-state index in [9.17, 15) is 0 Å². The summed E-state index contributed by atoms with van der Waals surface area (Å²) in [4.78, 5) is 2.45. The first-order valence-corrected chi connectivity index (χ1v) is 11.2. The number of benzene rings is 2. The minimum absolute atomic E-state index is 0.0187. The molecule has 0 saturated carbocycles.